The molecule has 0 bridgehead atoms. The van der Waals surface area contributed by atoms with Crippen molar-refractivity contribution in [1.29, 1.82) is 0 Å². The van der Waals surface area contributed by atoms with Crippen molar-refractivity contribution in [3.8, 4) is 5.88 Å². The first kappa shape index (κ1) is 10.2. The predicted molar refractivity (Wildman–Crippen MR) is 61.2 cm³/mol. The Labute approximate surface area is 92.8 Å². The van der Waals surface area contributed by atoms with E-state index in [4.69, 9.17) is 22.1 Å². The van der Waals surface area contributed by atoms with Gasteiger partial charge in [-0.25, -0.2) is 4.98 Å². The molecule has 3 nitrogen and oxygen atoms in total. The number of nitrogens with two attached hydrogens (primary N) is 1. The normalized spacial score (nSPS) is 10.6. The summed E-state index contributed by atoms with van der Waals surface area (Å²) in [7, 11) is 1.59. The molecule has 0 saturated carbocycles. The van der Waals surface area contributed by atoms with E-state index >= 15 is 0 Å². The van der Waals surface area contributed by atoms with E-state index in [9.17, 15) is 0 Å². The highest BCUT2D eigenvalue weighted by atomic mass is 35.5. The molecule has 15 heavy (non-hydrogen) atoms. The second-order valence-electron chi connectivity index (χ2n) is 3.16. The van der Waals surface area contributed by atoms with Crippen molar-refractivity contribution < 1.29 is 4.74 Å². The van der Waals surface area contributed by atoms with E-state index in [1.165, 1.54) is 0 Å². The molecule has 0 amide bonds. The number of rotatable bonds is 2. The van der Waals surface area contributed by atoms with E-state index in [1.54, 1.807) is 7.11 Å². The molecule has 0 aliphatic carbocycles. The molecule has 0 saturated heterocycles. The predicted octanol–water partition coefficient (Wildman–Crippen LogP) is 2.36. The minimum absolute atomic E-state index is 0.373. The number of hydrogen-bond acceptors (Lipinski definition) is 3. The summed E-state index contributed by atoms with van der Waals surface area (Å²) in [6.07, 6.45) is 0. The van der Waals surface area contributed by atoms with Crippen LogP contribution in [0.25, 0.3) is 10.8 Å². The van der Waals surface area contributed by atoms with Crippen LogP contribution in [0.2, 0.25) is 5.02 Å². The smallest absolute Gasteiger partial charge is 0.221 e. The lowest BCUT2D eigenvalue weighted by Crippen LogP contribution is -2.01. The minimum Gasteiger partial charge on any atom is -0.481 e. The van der Waals surface area contributed by atoms with Crippen LogP contribution in [0.5, 0.6) is 5.88 Å². The van der Waals surface area contributed by atoms with E-state index in [2.05, 4.69) is 4.98 Å². The lowest BCUT2D eigenvalue weighted by Gasteiger charge is -2.07. The van der Waals surface area contributed by atoms with Gasteiger partial charge in [0.2, 0.25) is 5.88 Å². The molecule has 1 heterocycles. The molecule has 2 rings (SSSR count). The number of ether oxygens (including phenoxy) is 1. The topological polar surface area (TPSA) is 48.1 Å². The maximum absolute atomic E-state index is 6.09. The second-order valence-corrected chi connectivity index (χ2v) is 3.57. The van der Waals surface area contributed by atoms with Crippen molar-refractivity contribution in [2.45, 2.75) is 6.54 Å². The number of methoxy groups -OCH3 is 1. The van der Waals surface area contributed by atoms with Crippen molar-refractivity contribution in [2.75, 3.05) is 7.11 Å². The first-order chi connectivity index (χ1) is 7.26. The summed E-state index contributed by atoms with van der Waals surface area (Å²) in [4.78, 5) is 4.27. The molecule has 1 aromatic carbocycles. The zero-order valence-corrected chi connectivity index (χ0v) is 9.08. The molecule has 1 aromatic heterocycles. The van der Waals surface area contributed by atoms with Crippen LogP contribution in [-0.4, -0.2) is 12.1 Å². The third-order valence-electron chi connectivity index (χ3n) is 2.24. The van der Waals surface area contributed by atoms with Gasteiger partial charge in [-0.05, 0) is 18.2 Å². The fourth-order valence-corrected chi connectivity index (χ4v) is 1.75. The summed E-state index contributed by atoms with van der Waals surface area (Å²) in [5.41, 5.74) is 6.32. The van der Waals surface area contributed by atoms with E-state index in [0.717, 1.165) is 16.5 Å². The molecule has 4 heteroatoms. The molecule has 78 valence electrons. The van der Waals surface area contributed by atoms with Crippen LogP contribution in [0.3, 0.4) is 0 Å². The maximum Gasteiger partial charge on any atom is 0.221 e. The lowest BCUT2D eigenvalue weighted by molar-refractivity contribution is 0.402. The van der Waals surface area contributed by atoms with Crippen molar-refractivity contribution in [1.82, 2.24) is 4.98 Å². The molecule has 0 aliphatic heterocycles. The number of hydrogen-bond donors (Lipinski definition) is 1. The Bertz CT molecular complexity index is 499. The minimum atomic E-state index is 0.373. The summed E-state index contributed by atoms with van der Waals surface area (Å²) in [5.74, 6) is 0.565. The zero-order chi connectivity index (χ0) is 10.8. The Hall–Kier alpha value is -1.32. The van der Waals surface area contributed by atoms with Crippen LogP contribution >= 0.6 is 11.6 Å². The van der Waals surface area contributed by atoms with Gasteiger partial charge >= 0.3 is 0 Å². The molecule has 0 fully saturated rings. The van der Waals surface area contributed by atoms with Gasteiger partial charge in [-0.3, -0.25) is 0 Å². The molecular weight excluding hydrogens is 212 g/mol. The van der Waals surface area contributed by atoms with Gasteiger partial charge in [-0.1, -0.05) is 17.7 Å². The average molecular weight is 223 g/mol. The Morgan fingerprint density at radius 2 is 2.20 bits per heavy atom. The SMILES string of the molecule is COc1nc(CN)cc2c(Cl)cccc12. The number of pyridine rings is 1. The number of halogens is 1. The first-order valence-electron chi connectivity index (χ1n) is 4.58. The Kier molecular flexibility index (Phi) is 2.75. The van der Waals surface area contributed by atoms with Gasteiger partial charge in [-0.15, -0.1) is 0 Å². The van der Waals surface area contributed by atoms with Crippen molar-refractivity contribution in [3.05, 3.63) is 35.0 Å². The molecular formula is C11H11ClN2O. The van der Waals surface area contributed by atoms with E-state index in [-0.39, 0.29) is 0 Å². The van der Waals surface area contributed by atoms with Gasteiger partial charge in [0, 0.05) is 22.3 Å². The molecule has 0 atom stereocenters. The summed E-state index contributed by atoms with van der Waals surface area (Å²) in [6, 6.07) is 7.52. The Morgan fingerprint density at radius 1 is 1.40 bits per heavy atom. The van der Waals surface area contributed by atoms with Crippen LogP contribution in [0, 0.1) is 0 Å². The summed E-state index contributed by atoms with van der Waals surface area (Å²) >= 11 is 6.09. The van der Waals surface area contributed by atoms with Crippen LogP contribution < -0.4 is 10.5 Å². The van der Waals surface area contributed by atoms with Crippen LogP contribution in [-0.2, 0) is 6.54 Å². The quantitative estimate of drug-likeness (QED) is 0.849. The Balaban J connectivity index is 2.80. The van der Waals surface area contributed by atoms with E-state index < -0.39 is 0 Å². The number of benzene rings is 1. The standard InChI is InChI=1S/C11H11ClN2O/c1-15-11-8-3-2-4-10(12)9(8)5-7(6-13)14-11/h2-5H,6,13H2,1H3. The van der Waals surface area contributed by atoms with Crippen LogP contribution in [0.15, 0.2) is 24.3 Å². The van der Waals surface area contributed by atoms with Crippen molar-refractivity contribution in [2.24, 2.45) is 5.73 Å². The molecule has 0 spiro atoms. The third kappa shape index (κ3) is 1.76. The van der Waals surface area contributed by atoms with Gasteiger partial charge in [0.1, 0.15) is 0 Å². The fraction of sp³-hybridized carbons (Fsp3) is 0.182. The van der Waals surface area contributed by atoms with E-state index in [1.807, 2.05) is 24.3 Å². The highest BCUT2D eigenvalue weighted by molar-refractivity contribution is 6.35. The zero-order valence-electron chi connectivity index (χ0n) is 8.33. The second kappa shape index (κ2) is 4.04. The van der Waals surface area contributed by atoms with E-state index in [0.29, 0.717) is 17.4 Å². The molecule has 0 unspecified atom stereocenters. The molecule has 0 aliphatic rings. The molecule has 2 N–H and O–H groups in total. The number of aromatic nitrogens is 1. The number of fused-ring (bicyclic) bond motifs is 1. The maximum atomic E-state index is 6.09. The Morgan fingerprint density at radius 3 is 2.87 bits per heavy atom. The summed E-state index contributed by atoms with van der Waals surface area (Å²) in [5, 5.41) is 2.51. The summed E-state index contributed by atoms with van der Waals surface area (Å²) in [6.45, 7) is 0.373. The van der Waals surface area contributed by atoms with Gasteiger partial charge in [0.05, 0.1) is 12.8 Å². The largest absolute Gasteiger partial charge is 0.481 e. The monoisotopic (exact) mass is 222 g/mol. The third-order valence-corrected chi connectivity index (χ3v) is 2.57. The average Bonchev–Trinajstić information content (AvgIpc) is 2.28. The highest BCUT2D eigenvalue weighted by Crippen LogP contribution is 2.29. The molecule has 0 radical (unpaired) electrons. The van der Waals surface area contributed by atoms with Crippen molar-refractivity contribution in [3.63, 3.8) is 0 Å². The van der Waals surface area contributed by atoms with Crippen molar-refractivity contribution >= 4 is 22.4 Å². The van der Waals surface area contributed by atoms with Gasteiger partial charge in [-0.2, -0.15) is 0 Å². The van der Waals surface area contributed by atoms with Crippen LogP contribution in [0.1, 0.15) is 5.69 Å². The highest BCUT2D eigenvalue weighted by Gasteiger charge is 2.07. The van der Waals surface area contributed by atoms with Crippen LogP contribution in [0.4, 0.5) is 0 Å². The summed E-state index contributed by atoms with van der Waals surface area (Å²) < 4.78 is 5.20. The number of nitrogens with zero attached hydrogens (tertiary/aromatic N) is 1. The van der Waals surface area contributed by atoms with Gasteiger partial charge in [0.25, 0.3) is 0 Å². The van der Waals surface area contributed by atoms with Gasteiger partial charge in [0.15, 0.2) is 0 Å². The first-order valence-corrected chi connectivity index (χ1v) is 4.96. The lowest BCUT2D eigenvalue weighted by atomic mass is 10.1. The van der Waals surface area contributed by atoms with Gasteiger partial charge < -0.3 is 10.5 Å². The molecule has 2 aromatic rings. The fourth-order valence-electron chi connectivity index (χ4n) is 1.52.